The van der Waals surface area contributed by atoms with E-state index in [4.69, 9.17) is 0 Å². The standard InChI is InChI=1S/C23H30N2O3S/c1-16(2)19-5-9-21(10-6-19)24-23(26)20-7-11-22(12-8-20)29(27,28)25-14-17(3)13-18(4)15-25/h5-12,16-18H,13-15H2,1-4H3,(H,24,26)/t17-,18-/m0/s1. The zero-order valence-corrected chi connectivity index (χ0v) is 18.4. The number of hydrogen-bond donors (Lipinski definition) is 1. The van der Waals surface area contributed by atoms with Gasteiger partial charge in [-0.15, -0.1) is 0 Å². The molecule has 0 spiro atoms. The van der Waals surface area contributed by atoms with Crippen LogP contribution in [0.2, 0.25) is 0 Å². The first-order valence-electron chi connectivity index (χ1n) is 10.2. The third-order valence-corrected chi connectivity index (χ3v) is 7.27. The molecule has 156 valence electrons. The van der Waals surface area contributed by atoms with Crippen molar-refractivity contribution in [3.63, 3.8) is 0 Å². The molecule has 1 aliphatic heterocycles. The molecule has 2 aromatic rings. The Kier molecular flexibility index (Phi) is 6.44. The molecule has 1 amide bonds. The number of amides is 1. The normalized spacial score (nSPS) is 20.6. The van der Waals surface area contributed by atoms with Crippen LogP contribution in [0.25, 0.3) is 0 Å². The van der Waals surface area contributed by atoms with Crippen molar-refractivity contribution < 1.29 is 13.2 Å². The molecule has 1 saturated heterocycles. The number of carbonyl (C=O) groups is 1. The van der Waals surface area contributed by atoms with E-state index < -0.39 is 10.0 Å². The molecular formula is C23H30N2O3S. The largest absolute Gasteiger partial charge is 0.322 e. The van der Waals surface area contributed by atoms with Gasteiger partial charge >= 0.3 is 0 Å². The zero-order valence-electron chi connectivity index (χ0n) is 17.6. The first-order valence-corrected chi connectivity index (χ1v) is 11.6. The topological polar surface area (TPSA) is 66.5 Å². The maximum absolute atomic E-state index is 13.0. The highest BCUT2D eigenvalue weighted by Gasteiger charge is 2.31. The van der Waals surface area contributed by atoms with Gasteiger partial charge in [0, 0.05) is 24.3 Å². The number of hydrogen-bond acceptors (Lipinski definition) is 3. The van der Waals surface area contributed by atoms with Gasteiger partial charge in [-0.2, -0.15) is 4.31 Å². The first kappa shape index (κ1) is 21.5. The van der Waals surface area contributed by atoms with Gasteiger partial charge in [0.05, 0.1) is 4.90 Å². The second kappa shape index (κ2) is 8.67. The molecule has 1 N–H and O–H groups in total. The van der Waals surface area contributed by atoms with E-state index >= 15 is 0 Å². The molecule has 2 atom stereocenters. The summed E-state index contributed by atoms with van der Waals surface area (Å²) in [6.07, 6.45) is 1.04. The van der Waals surface area contributed by atoms with Gasteiger partial charge in [-0.3, -0.25) is 4.79 Å². The van der Waals surface area contributed by atoms with E-state index in [9.17, 15) is 13.2 Å². The summed E-state index contributed by atoms with van der Waals surface area (Å²) >= 11 is 0. The molecule has 0 unspecified atom stereocenters. The molecule has 1 fully saturated rings. The van der Waals surface area contributed by atoms with Gasteiger partial charge in [-0.1, -0.05) is 39.8 Å². The fourth-order valence-corrected chi connectivity index (χ4v) is 5.56. The van der Waals surface area contributed by atoms with Crippen molar-refractivity contribution in [1.29, 1.82) is 0 Å². The van der Waals surface area contributed by atoms with Gasteiger partial charge in [-0.05, 0) is 66.1 Å². The van der Waals surface area contributed by atoms with Crippen LogP contribution in [0.5, 0.6) is 0 Å². The molecule has 3 rings (SSSR count). The van der Waals surface area contributed by atoms with Crippen molar-refractivity contribution in [2.45, 2.75) is 44.9 Å². The van der Waals surface area contributed by atoms with E-state index in [1.807, 2.05) is 24.3 Å². The summed E-state index contributed by atoms with van der Waals surface area (Å²) in [5.74, 6) is 0.868. The zero-order chi connectivity index (χ0) is 21.2. The van der Waals surface area contributed by atoms with Crippen molar-refractivity contribution in [2.24, 2.45) is 11.8 Å². The highest BCUT2D eigenvalue weighted by Crippen LogP contribution is 2.27. The van der Waals surface area contributed by atoms with E-state index in [1.165, 1.54) is 17.7 Å². The molecule has 0 aromatic heterocycles. The quantitative estimate of drug-likeness (QED) is 0.769. The SMILES string of the molecule is CC(C)c1ccc(NC(=O)c2ccc(S(=O)(=O)N3C[C@@H](C)C[C@H](C)C3)cc2)cc1. The maximum Gasteiger partial charge on any atom is 0.255 e. The third-order valence-electron chi connectivity index (χ3n) is 5.42. The number of piperidine rings is 1. The average molecular weight is 415 g/mol. The molecule has 0 aliphatic carbocycles. The lowest BCUT2D eigenvalue weighted by molar-refractivity contribution is 0.102. The lowest BCUT2D eigenvalue weighted by Gasteiger charge is -2.34. The van der Waals surface area contributed by atoms with Gasteiger partial charge in [0.15, 0.2) is 0 Å². The van der Waals surface area contributed by atoms with Gasteiger partial charge in [0.2, 0.25) is 10.0 Å². The van der Waals surface area contributed by atoms with E-state index in [1.54, 1.807) is 16.4 Å². The van der Waals surface area contributed by atoms with Gasteiger partial charge in [0.1, 0.15) is 0 Å². The molecule has 6 heteroatoms. The molecule has 0 radical (unpaired) electrons. The summed E-state index contributed by atoms with van der Waals surface area (Å²) in [7, 11) is -3.54. The fraction of sp³-hybridized carbons (Fsp3) is 0.435. The molecule has 0 saturated carbocycles. The average Bonchev–Trinajstić information content (AvgIpc) is 2.67. The third kappa shape index (κ3) is 5.06. The Balaban J connectivity index is 1.71. The Hall–Kier alpha value is -2.18. The predicted molar refractivity (Wildman–Crippen MR) is 117 cm³/mol. The predicted octanol–water partition coefficient (Wildman–Crippen LogP) is 4.73. The molecule has 0 bridgehead atoms. The van der Waals surface area contributed by atoms with E-state index in [0.29, 0.717) is 42.1 Å². The number of nitrogens with zero attached hydrogens (tertiary/aromatic N) is 1. The van der Waals surface area contributed by atoms with Gasteiger partial charge < -0.3 is 5.32 Å². The molecule has 29 heavy (non-hydrogen) atoms. The van der Waals surface area contributed by atoms with Crippen molar-refractivity contribution in [2.75, 3.05) is 18.4 Å². The van der Waals surface area contributed by atoms with Crippen molar-refractivity contribution in [3.05, 3.63) is 59.7 Å². The summed E-state index contributed by atoms with van der Waals surface area (Å²) < 4.78 is 27.5. The van der Waals surface area contributed by atoms with Gasteiger partial charge in [0.25, 0.3) is 5.91 Å². The first-order chi connectivity index (χ1) is 13.7. The Morgan fingerprint density at radius 3 is 2.03 bits per heavy atom. The molecule has 1 heterocycles. The number of sulfonamides is 1. The van der Waals surface area contributed by atoms with E-state index in [2.05, 4.69) is 33.0 Å². The van der Waals surface area contributed by atoms with Crippen LogP contribution >= 0.6 is 0 Å². The van der Waals surface area contributed by atoms with Crippen molar-refractivity contribution in [3.8, 4) is 0 Å². The Morgan fingerprint density at radius 1 is 0.966 bits per heavy atom. The number of rotatable bonds is 5. The van der Waals surface area contributed by atoms with Crippen LogP contribution in [0.15, 0.2) is 53.4 Å². The summed E-state index contributed by atoms with van der Waals surface area (Å²) in [6, 6.07) is 13.9. The summed E-state index contributed by atoms with van der Waals surface area (Å²) in [5, 5.41) is 2.86. The van der Waals surface area contributed by atoms with E-state index in [-0.39, 0.29) is 10.8 Å². The van der Waals surface area contributed by atoms with Crippen LogP contribution in [0.4, 0.5) is 5.69 Å². The van der Waals surface area contributed by atoms with Crippen LogP contribution in [-0.2, 0) is 10.0 Å². The van der Waals surface area contributed by atoms with Gasteiger partial charge in [-0.25, -0.2) is 8.42 Å². The summed E-state index contributed by atoms with van der Waals surface area (Å²) in [5.41, 5.74) is 2.35. The fourth-order valence-electron chi connectivity index (χ4n) is 3.88. The van der Waals surface area contributed by atoms with Crippen LogP contribution in [-0.4, -0.2) is 31.7 Å². The highest BCUT2D eigenvalue weighted by molar-refractivity contribution is 7.89. The molecule has 2 aromatic carbocycles. The molecule has 1 aliphatic rings. The van der Waals surface area contributed by atoms with Crippen LogP contribution in [0, 0.1) is 11.8 Å². The minimum atomic E-state index is -3.54. The Morgan fingerprint density at radius 2 is 1.52 bits per heavy atom. The summed E-state index contributed by atoms with van der Waals surface area (Å²) in [4.78, 5) is 12.7. The molecular weight excluding hydrogens is 384 g/mol. The van der Waals surface area contributed by atoms with Crippen molar-refractivity contribution >= 4 is 21.6 Å². The Bertz CT molecular complexity index is 941. The lowest BCUT2D eigenvalue weighted by Crippen LogP contribution is -2.42. The number of carbonyl (C=O) groups excluding carboxylic acids is 1. The number of nitrogens with one attached hydrogen (secondary N) is 1. The smallest absolute Gasteiger partial charge is 0.255 e. The maximum atomic E-state index is 13.0. The molecule has 5 nitrogen and oxygen atoms in total. The second-order valence-electron chi connectivity index (χ2n) is 8.52. The second-order valence-corrected chi connectivity index (χ2v) is 10.5. The number of anilines is 1. The van der Waals surface area contributed by atoms with Crippen LogP contribution < -0.4 is 5.32 Å². The minimum absolute atomic E-state index is 0.233. The van der Waals surface area contributed by atoms with E-state index in [0.717, 1.165) is 6.42 Å². The summed E-state index contributed by atoms with van der Waals surface area (Å²) in [6.45, 7) is 9.49. The highest BCUT2D eigenvalue weighted by atomic mass is 32.2. The van der Waals surface area contributed by atoms with Crippen LogP contribution in [0.1, 0.15) is 56.0 Å². The minimum Gasteiger partial charge on any atom is -0.322 e. The Labute approximate surface area is 174 Å². The van der Waals surface area contributed by atoms with Crippen molar-refractivity contribution in [1.82, 2.24) is 4.31 Å². The lowest BCUT2D eigenvalue weighted by atomic mass is 9.94. The monoisotopic (exact) mass is 414 g/mol. The number of benzene rings is 2. The van der Waals surface area contributed by atoms with Crippen LogP contribution in [0.3, 0.4) is 0 Å².